The molecule has 1 heterocycles. The third-order valence-electron chi connectivity index (χ3n) is 3.78. The van der Waals surface area contributed by atoms with Gasteiger partial charge < -0.3 is 15.5 Å². The van der Waals surface area contributed by atoms with Gasteiger partial charge in [-0.05, 0) is 57.7 Å². The number of hydrogen-bond acceptors (Lipinski definition) is 2. The van der Waals surface area contributed by atoms with E-state index in [1.807, 2.05) is 0 Å². The van der Waals surface area contributed by atoms with Crippen LogP contribution in [0, 0.1) is 11.8 Å². The molecule has 1 aliphatic rings. The maximum absolute atomic E-state index is 4.59. The maximum atomic E-state index is 4.59. The molecule has 5 heteroatoms. The van der Waals surface area contributed by atoms with Crippen molar-refractivity contribution in [1.82, 2.24) is 15.5 Å². The lowest BCUT2D eigenvalue weighted by molar-refractivity contribution is 0.191. The van der Waals surface area contributed by atoms with E-state index in [2.05, 4.69) is 48.2 Å². The number of rotatable bonds is 7. The fraction of sp³-hybridized carbons (Fsp3) is 0.938. The van der Waals surface area contributed by atoms with Crippen molar-refractivity contribution < 1.29 is 0 Å². The number of likely N-dealkylation sites (tertiary alicyclic amines) is 1. The summed E-state index contributed by atoms with van der Waals surface area (Å²) in [5.74, 6) is 2.50. The lowest BCUT2D eigenvalue weighted by Gasteiger charge is -2.30. The second-order valence-electron chi connectivity index (χ2n) is 6.42. The van der Waals surface area contributed by atoms with Crippen LogP contribution in [0.5, 0.6) is 0 Å². The van der Waals surface area contributed by atoms with Crippen molar-refractivity contribution in [2.75, 3.05) is 39.3 Å². The number of nitrogens with zero attached hydrogens (tertiary/aromatic N) is 2. The van der Waals surface area contributed by atoms with Crippen molar-refractivity contribution in [3.05, 3.63) is 0 Å². The maximum Gasteiger partial charge on any atom is 0.191 e. The Morgan fingerprint density at radius 1 is 1.24 bits per heavy atom. The van der Waals surface area contributed by atoms with Crippen LogP contribution in [-0.2, 0) is 0 Å². The van der Waals surface area contributed by atoms with E-state index < -0.39 is 0 Å². The van der Waals surface area contributed by atoms with E-state index in [1.165, 1.54) is 38.9 Å². The summed E-state index contributed by atoms with van der Waals surface area (Å²) in [5, 5.41) is 6.74. The summed E-state index contributed by atoms with van der Waals surface area (Å²) in [6.07, 6.45) is 3.93. The van der Waals surface area contributed by atoms with Gasteiger partial charge in [-0.1, -0.05) is 20.8 Å². The number of hydrogen-bond donors (Lipinski definition) is 2. The first-order chi connectivity index (χ1) is 9.61. The molecule has 0 aromatic heterocycles. The molecule has 21 heavy (non-hydrogen) atoms. The average Bonchev–Trinajstić information content (AvgIpc) is 2.42. The number of aliphatic imine (C=N–C) groups is 1. The third-order valence-corrected chi connectivity index (χ3v) is 3.78. The van der Waals surface area contributed by atoms with Crippen LogP contribution in [0.3, 0.4) is 0 Å². The highest BCUT2D eigenvalue weighted by Crippen LogP contribution is 2.15. The lowest BCUT2D eigenvalue weighted by atomic mass is 9.99. The highest BCUT2D eigenvalue weighted by Gasteiger charge is 2.14. The van der Waals surface area contributed by atoms with Crippen LogP contribution in [0.1, 0.15) is 47.0 Å². The Morgan fingerprint density at radius 3 is 2.48 bits per heavy atom. The van der Waals surface area contributed by atoms with Crippen molar-refractivity contribution in [3.8, 4) is 0 Å². The summed E-state index contributed by atoms with van der Waals surface area (Å²) < 4.78 is 0. The summed E-state index contributed by atoms with van der Waals surface area (Å²) in [6, 6.07) is 0. The van der Waals surface area contributed by atoms with Gasteiger partial charge in [0.1, 0.15) is 0 Å². The van der Waals surface area contributed by atoms with Crippen LogP contribution < -0.4 is 10.6 Å². The molecular formula is C16H35IN4. The molecule has 1 aliphatic heterocycles. The number of nitrogens with one attached hydrogen (secondary N) is 2. The Bertz CT molecular complexity index is 273. The molecule has 0 bridgehead atoms. The van der Waals surface area contributed by atoms with Gasteiger partial charge in [-0.25, -0.2) is 0 Å². The molecule has 2 N–H and O–H groups in total. The lowest BCUT2D eigenvalue weighted by Crippen LogP contribution is -2.40. The Hall–Kier alpha value is -0.0400. The second kappa shape index (κ2) is 12.5. The normalized spacial score (nSPS) is 17.7. The fourth-order valence-corrected chi connectivity index (χ4v) is 2.41. The summed E-state index contributed by atoms with van der Waals surface area (Å²) in [5.41, 5.74) is 0. The van der Waals surface area contributed by atoms with Gasteiger partial charge in [0.05, 0.1) is 0 Å². The van der Waals surface area contributed by atoms with Gasteiger partial charge in [-0.15, -0.1) is 24.0 Å². The van der Waals surface area contributed by atoms with E-state index in [9.17, 15) is 0 Å². The van der Waals surface area contributed by atoms with Gasteiger partial charge in [0, 0.05) is 19.6 Å². The first-order valence-electron chi connectivity index (χ1n) is 8.36. The number of guanidine groups is 1. The van der Waals surface area contributed by atoms with Crippen LogP contribution in [0.2, 0.25) is 0 Å². The van der Waals surface area contributed by atoms with Crippen molar-refractivity contribution in [3.63, 3.8) is 0 Å². The fourth-order valence-electron chi connectivity index (χ4n) is 2.41. The van der Waals surface area contributed by atoms with E-state index in [4.69, 9.17) is 0 Å². The van der Waals surface area contributed by atoms with Gasteiger partial charge in [0.2, 0.25) is 0 Å². The molecule has 0 aliphatic carbocycles. The Balaban J connectivity index is 0.00000400. The topological polar surface area (TPSA) is 39.7 Å². The Kier molecular flexibility index (Phi) is 12.5. The zero-order valence-electron chi connectivity index (χ0n) is 14.3. The van der Waals surface area contributed by atoms with E-state index in [-0.39, 0.29) is 24.0 Å². The Labute approximate surface area is 148 Å². The van der Waals surface area contributed by atoms with E-state index in [0.29, 0.717) is 5.92 Å². The van der Waals surface area contributed by atoms with Gasteiger partial charge in [0.25, 0.3) is 0 Å². The van der Waals surface area contributed by atoms with Crippen molar-refractivity contribution in [1.29, 1.82) is 0 Å². The number of piperidine rings is 1. The number of halogens is 1. The predicted molar refractivity (Wildman–Crippen MR) is 104 cm³/mol. The molecular weight excluding hydrogens is 375 g/mol. The van der Waals surface area contributed by atoms with Gasteiger partial charge in [0.15, 0.2) is 5.96 Å². The zero-order chi connectivity index (χ0) is 14.8. The molecule has 0 amide bonds. The average molecular weight is 410 g/mol. The summed E-state index contributed by atoms with van der Waals surface area (Å²) in [4.78, 5) is 7.19. The molecule has 1 rings (SSSR count). The molecule has 0 spiro atoms. The smallest absolute Gasteiger partial charge is 0.191 e. The van der Waals surface area contributed by atoms with Gasteiger partial charge in [-0.2, -0.15) is 0 Å². The zero-order valence-corrected chi connectivity index (χ0v) is 16.7. The van der Waals surface area contributed by atoms with Crippen molar-refractivity contribution in [2.45, 2.75) is 47.0 Å². The van der Waals surface area contributed by atoms with Crippen LogP contribution in [0.25, 0.3) is 0 Å². The van der Waals surface area contributed by atoms with Crippen LogP contribution in [0.15, 0.2) is 4.99 Å². The minimum absolute atomic E-state index is 0. The van der Waals surface area contributed by atoms with Crippen molar-refractivity contribution in [2.24, 2.45) is 16.8 Å². The second-order valence-corrected chi connectivity index (χ2v) is 6.42. The highest BCUT2D eigenvalue weighted by atomic mass is 127. The summed E-state index contributed by atoms with van der Waals surface area (Å²) >= 11 is 0. The van der Waals surface area contributed by atoms with E-state index in [0.717, 1.165) is 31.5 Å². The summed E-state index contributed by atoms with van der Waals surface area (Å²) in [6.45, 7) is 15.5. The monoisotopic (exact) mass is 410 g/mol. The molecule has 0 aromatic carbocycles. The van der Waals surface area contributed by atoms with E-state index >= 15 is 0 Å². The quantitative estimate of drug-likeness (QED) is 0.294. The van der Waals surface area contributed by atoms with Crippen LogP contribution in [0.4, 0.5) is 0 Å². The molecule has 0 atom stereocenters. The molecule has 126 valence electrons. The standard InChI is InChI=1S/C16H34N4.HI/c1-5-17-16(19-13-14(2)3)18-9-6-10-20-11-7-15(4)8-12-20;/h14-15H,5-13H2,1-4H3,(H2,17,18,19);1H. The predicted octanol–water partition coefficient (Wildman–Crippen LogP) is 2.94. The first-order valence-corrected chi connectivity index (χ1v) is 8.36. The van der Waals surface area contributed by atoms with E-state index in [1.54, 1.807) is 0 Å². The molecule has 0 aromatic rings. The molecule has 0 unspecified atom stereocenters. The molecule has 0 radical (unpaired) electrons. The summed E-state index contributed by atoms with van der Waals surface area (Å²) in [7, 11) is 0. The van der Waals surface area contributed by atoms with Crippen LogP contribution >= 0.6 is 24.0 Å². The molecule has 1 saturated heterocycles. The minimum Gasteiger partial charge on any atom is -0.357 e. The van der Waals surface area contributed by atoms with Crippen molar-refractivity contribution >= 4 is 29.9 Å². The minimum atomic E-state index is 0. The third kappa shape index (κ3) is 10.3. The van der Waals surface area contributed by atoms with Crippen LogP contribution in [-0.4, -0.2) is 50.1 Å². The first kappa shape index (κ1) is 21.0. The molecule has 1 fully saturated rings. The van der Waals surface area contributed by atoms with Gasteiger partial charge >= 0.3 is 0 Å². The SMILES string of the molecule is CCNC(=NCC(C)C)NCCCN1CCC(C)CC1.I. The largest absolute Gasteiger partial charge is 0.357 e. The molecule has 4 nitrogen and oxygen atoms in total. The highest BCUT2D eigenvalue weighted by molar-refractivity contribution is 14.0. The molecule has 0 saturated carbocycles. The Morgan fingerprint density at radius 2 is 1.90 bits per heavy atom. The van der Waals surface area contributed by atoms with Gasteiger partial charge in [-0.3, -0.25) is 4.99 Å².